The van der Waals surface area contributed by atoms with Crippen LogP contribution in [0.15, 0.2) is 42.5 Å². The van der Waals surface area contributed by atoms with Crippen LogP contribution in [0.2, 0.25) is 5.02 Å². The third kappa shape index (κ3) is 5.30. The summed E-state index contributed by atoms with van der Waals surface area (Å²) >= 11 is 6.17. The van der Waals surface area contributed by atoms with Gasteiger partial charge in [0, 0.05) is 26.2 Å². The number of benzene rings is 2. The smallest absolute Gasteiger partial charge is 0.317 e. The Morgan fingerprint density at radius 1 is 0.966 bits per heavy atom. The average Bonchev–Trinajstić information content (AvgIpc) is 2.93. The molecule has 3 rings (SSSR count). The Hall–Kier alpha value is -2.53. The summed E-state index contributed by atoms with van der Waals surface area (Å²) in [4.78, 5) is 29.2. The lowest BCUT2D eigenvalue weighted by Gasteiger charge is -2.25. The van der Waals surface area contributed by atoms with Crippen LogP contribution < -0.4 is 5.32 Å². The first kappa shape index (κ1) is 21.2. The fourth-order valence-corrected chi connectivity index (χ4v) is 3.96. The third-order valence-electron chi connectivity index (χ3n) is 5.26. The highest BCUT2D eigenvalue weighted by molar-refractivity contribution is 6.33. The Morgan fingerprint density at radius 2 is 1.59 bits per heavy atom. The molecule has 0 radical (unpaired) electrons. The minimum absolute atomic E-state index is 0.0785. The molecule has 0 bridgehead atoms. The first-order chi connectivity index (χ1) is 13.8. The molecule has 1 heterocycles. The average molecular weight is 414 g/mol. The second kappa shape index (κ2) is 9.31. The molecule has 1 saturated heterocycles. The standard InChI is InChI=1S/C23H28ClN3O2/c1-16-13-17(2)15-19(14-16)18(3)25-23(29)27-10-6-9-26(11-12-27)22(28)20-7-4-5-8-21(20)24/h4-5,7-8,13-15,18H,6,9-12H2,1-3H3,(H,25,29). The Balaban J connectivity index is 1.60. The van der Waals surface area contributed by atoms with E-state index in [9.17, 15) is 9.59 Å². The number of halogens is 1. The summed E-state index contributed by atoms with van der Waals surface area (Å²) in [5, 5.41) is 3.55. The Bertz CT molecular complexity index is 879. The SMILES string of the molecule is Cc1cc(C)cc(C(C)NC(=O)N2CCCN(C(=O)c3ccccc3Cl)CC2)c1. The van der Waals surface area contributed by atoms with Crippen LogP contribution in [0.25, 0.3) is 0 Å². The first-order valence-electron chi connectivity index (χ1n) is 10.0. The van der Waals surface area contributed by atoms with Crippen molar-refractivity contribution in [1.82, 2.24) is 15.1 Å². The zero-order valence-electron chi connectivity index (χ0n) is 17.2. The maximum absolute atomic E-state index is 12.8. The number of aryl methyl sites for hydroxylation is 2. The van der Waals surface area contributed by atoms with Gasteiger partial charge in [-0.05, 0) is 44.9 Å². The van der Waals surface area contributed by atoms with E-state index in [1.165, 1.54) is 11.1 Å². The van der Waals surface area contributed by atoms with Crippen LogP contribution in [0, 0.1) is 13.8 Å². The summed E-state index contributed by atoms with van der Waals surface area (Å²) in [6, 6.07) is 13.2. The van der Waals surface area contributed by atoms with Crippen molar-refractivity contribution in [2.75, 3.05) is 26.2 Å². The van der Waals surface area contributed by atoms with E-state index >= 15 is 0 Å². The summed E-state index contributed by atoms with van der Waals surface area (Å²) in [6.07, 6.45) is 0.738. The zero-order chi connectivity index (χ0) is 21.0. The van der Waals surface area contributed by atoms with Crippen LogP contribution in [-0.4, -0.2) is 47.9 Å². The van der Waals surface area contributed by atoms with Gasteiger partial charge in [0.1, 0.15) is 0 Å². The molecule has 1 N–H and O–H groups in total. The van der Waals surface area contributed by atoms with Crippen LogP contribution in [0.4, 0.5) is 4.79 Å². The van der Waals surface area contributed by atoms with Gasteiger partial charge in [0.05, 0.1) is 16.6 Å². The number of carbonyl (C=O) groups is 2. The van der Waals surface area contributed by atoms with Crippen molar-refractivity contribution in [2.45, 2.75) is 33.2 Å². The number of rotatable bonds is 3. The quantitative estimate of drug-likeness (QED) is 0.800. The number of carbonyl (C=O) groups excluding carboxylic acids is 2. The second-order valence-electron chi connectivity index (χ2n) is 7.70. The molecule has 1 fully saturated rings. The van der Waals surface area contributed by atoms with Crippen molar-refractivity contribution in [1.29, 1.82) is 0 Å². The molecule has 0 aliphatic carbocycles. The number of hydrogen-bond donors (Lipinski definition) is 1. The highest BCUT2D eigenvalue weighted by atomic mass is 35.5. The van der Waals surface area contributed by atoms with Crippen LogP contribution in [0.1, 0.15) is 46.4 Å². The van der Waals surface area contributed by atoms with E-state index in [-0.39, 0.29) is 18.0 Å². The number of hydrogen-bond acceptors (Lipinski definition) is 2. The highest BCUT2D eigenvalue weighted by Gasteiger charge is 2.24. The van der Waals surface area contributed by atoms with E-state index in [4.69, 9.17) is 11.6 Å². The molecule has 5 nitrogen and oxygen atoms in total. The van der Waals surface area contributed by atoms with E-state index < -0.39 is 0 Å². The van der Waals surface area contributed by atoms with Gasteiger partial charge in [-0.3, -0.25) is 4.79 Å². The molecule has 0 spiro atoms. The van der Waals surface area contributed by atoms with Crippen LogP contribution in [0.3, 0.4) is 0 Å². The van der Waals surface area contributed by atoms with Gasteiger partial charge in [0.25, 0.3) is 5.91 Å². The summed E-state index contributed by atoms with van der Waals surface area (Å²) in [7, 11) is 0. The number of amides is 3. The normalized spacial score (nSPS) is 15.6. The third-order valence-corrected chi connectivity index (χ3v) is 5.59. The number of nitrogens with zero attached hydrogens (tertiary/aromatic N) is 2. The van der Waals surface area contributed by atoms with Crippen molar-refractivity contribution < 1.29 is 9.59 Å². The van der Waals surface area contributed by atoms with Crippen LogP contribution in [0.5, 0.6) is 0 Å². The Morgan fingerprint density at radius 3 is 2.28 bits per heavy atom. The van der Waals surface area contributed by atoms with Crippen molar-refractivity contribution >= 4 is 23.5 Å². The topological polar surface area (TPSA) is 52.7 Å². The molecule has 1 aliphatic heterocycles. The zero-order valence-corrected chi connectivity index (χ0v) is 18.0. The van der Waals surface area contributed by atoms with Gasteiger partial charge >= 0.3 is 6.03 Å². The minimum atomic E-state index is -0.0938. The molecule has 6 heteroatoms. The van der Waals surface area contributed by atoms with Crippen molar-refractivity contribution in [3.63, 3.8) is 0 Å². The van der Waals surface area contributed by atoms with Gasteiger partial charge in [0.15, 0.2) is 0 Å². The van der Waals surface area contributed by atoms with Gasteiger partial charge in [-0.15, -0.1) is 0 Å². The number of urea groups is 1. The van der Waals surface area contributed by atoms with Crippen molar-refractivity contribution in [3.8, 4) is 0 Å². The molecular weight excluding hydrogens is 386 g/mol. The fourth-order valence-electron chi connectivity index (χ4n) is 3.75. The van der Waals surface area contributed by atoms with Gasteiger partial charge in [0.2, 0.25) is 0 Å². The molecule has 154 valence electrons. The van der Waals surface area contributed by atoms with E-state index in [0.717, 1.165) is 12.0 Å². The molecule has 2 aromatic rings. The Labute approximate surface area is 177 Å². The highest BCUT2D eigenvalue weighted by Crippen LogP contribution is 2.19. The van der Waals surface area contributed by atoms with E-state index in [1.807, 2.05) is 19.1 Å². The second-order valence-corrected chi connectivity index (χ2v) is 8.11. The number of nitrogens with one attached hydrogen (secondary N) is 1. The summed E-state index contributed by atoms with van der Waals surface area (Å²) < 4.78 is 0. The Kier molecular flexibility index (Phi) is 6.80. The van der Waals surface area contributed by atoms with E-state index in [1.54, 1.807) is 21.9 Å². The molecule has 0 saturated carbocycles. The minimum Gasteiger partial charge on any atom is -0.337 e. The molecule has 0 aromatic heterocycles. The summed E-state index contributed by atoms with van der Waals surface area (Å²) in [6.45, 7) is 8.35. The van der Waals surface area contributed by atoms with Crippen molar-refractivity contribution in [3.05, 3.63) is 69.7 Å². The molecule has 2 aromatic carbocycles. The molecule has 1 aliphatic rings. The molecule has 3 amide bonds. The van der Waals surface area contributed by atoms with Gasteiger partial charge in [-0.1, -0.05) is 53.1 Å². The summed E-state index contributed by atoms with van der Waals surface area (Å²) in [5.41, 5.74) is 3.98. The van der Waals surface area contributed by atoms with Gasteiger partial charge in [-0.2, -0.15) is 0 Å². The molecule has 1 atom stereocenters. The molecule has 1 unspecified atom stereocenters. The fraction of sp³-hybridized carbons (Fsp3) is 0.391. The lowest BCUT2D eigenvalue weighted by molar-refractivity contribution is 0.0762. The first-order valence-corrected chi connectivity index (χ1v) is 10.4. The van der Waals surface area contributed by atoms with Crippen LogP contribution >= 0.6 is 11.6 Å². The lowest BCUT2D eigenvalue weighted by atomic mass is 10.0. The predicted octanol–water partition coefficient (Wildman–Crippen LogP) is 4.58. The maximum Gasteiger partial charge on any atom is 0.317 e. The maximum atomic E-state index is 12.8. The molecular formula is C23H28ClN3O2. The van der Waals surface area contributed by atoms with Crippen molar-refractivity contribution in [2.24, 2.45) is 0 Å². The lowest BCUT2D eigenvalue weighted by Crippen LogP contribution is -2.43. The van der Waals surface area contributed by atoms with E-state index in [0.29, 0.717) is 36.8 Å². The van der Waals surface area contributed by atoms with Crippen LogP contribution in [-0.2, 0) is 0 Å². The molecule has 29 heavy (non-hydrogen) atoms. The largest absolute Gasteiger partial charge is 0.337 e. The predicted molar refractivity (Wildman–Crippen MR) is 116 cm³/mol. The van der Waals surface area contributed by atoms with E-state index in [2.05, 4.69) is 37.4 Å². The van der Waals surface area contributed by atoms with Gasteiger partial charge in [-0.25, -0.2) is 4.79 Å². The summed E-state index contributed by atoms with van der Waals surface area (Å²) in [5.74, 6) is -0.0820. The monoisotopic (exact) mass is 413 g/mol. The van der Waals surface area contributed by atoms with Gasteiger partial charge < -0.3 is 15.1 Å².